The Labute approximate surface area is 198 Å². The predicted octanol–water partition coefficient (Wildman–Crippen LogP) is 7.36. The van der Waals surface area contributed by atoms with Crippen molar-refractivity contribution in [1.82, 2.24) is 0 Å². The zero-order valence-corrected chi connectivity index (χ0v) is 22.1. The molecule has 0 radical (unpaired) electrons. The van der Waals surface area contributed by atoms with Gasteiger partial charge in [0.25, 0.3) is 0 Å². The number of fused-ring (bicyclic) bond motifs is 7. The smallest absolute Gasteiger partial charge is 0.0678 e. The first-order valence-corrected chi connectivity index (χ1v) is 14.4. The standard InChI is InChI=1S/C30H52O2/c1-7-29(32)15-9-11-21-12-17-30(20(2)10-8-14-26(3,4)31)23(25(21)29)13-16-27(5)24-18-22(24)19-28(27,30)6/h20-25,31-32H,7-19H2,1-6H3/t20-,21+,22?,23?,24+,25?,27+,28+,29+,30+/m1/s1. The maximum atomic E-state index is 12.0. The summed E-state index contributed by atoms with van der Waals surface area (Å²) in [5.41, 5.74) is 0.304. The van der Waals surface area contributed by atoms with Gasteiger partial charge >= 0.3 is 0 Å². The second-order valence-electron chi connectivity index (χ2n) is 14.5. The van der Waals surface area contributed by atoms with Gasteiger partial charge in [-0.3, -0.25) is 0 Å². The van der Waals surface area contributed by atoms with Gasteiger partial charge in [0.15, 0.2) is 0 Å². The summed E-state index contributed by atoms with van der Waals surface area (Å²) in [6, 6.07) is 0. The van der Waals surface area contributed by atoms with E-state index < -0.39 is 11.2 Å². The van der Waals surface area contributed by atoms with Crippen molar-refractivity contribution < 1.29 is 10.2 Å². The summed E-state index contributed by atoms with van der Waals surface area (Å²) in [5, 5.41) is 22.4. The molecule has 5 aliphatic carbocycles. The van der Waals surface area contributed by atoms with E-state index in [1.807, 2.05) is 13.8 Å². The van der Waals surface area contributed by atoms with Crippen molar-refractivity contribution in [3.05, 3.63) is 0 Å². The minimum absolute atomic E-state index is 0.370. The number of rotatable bonds is 6. The molecule has 0 aromatic rings. The molecule has 0 aromatic heterocycles. The normalized spacial score (nSPS) is 53.1. The van der Waals surface area contributed by atoms with Gasteiger partial charge in [0.05, 0.1) is 11.2 Å². The predicted molar refractivity (Wildman–Crippen MR) is 132 cm³/mol. The molecule has 0 bridgehead atoms. The Balaban J connectivity index is 1.54. The van der Waals surface area contributed by atoms with E-state index in [4.69, 9.17) is 0 Å². The van der Waals surface area contributed by atoms with Gasteiger partial charge in [-0.2, -0.15) is 0 Å². The van der Waals surface area contributed by atoms with Crippen LogP contribution in [0.15, 0.2) is 0 Å². The zero-order chi connectivity index (χ0) is 23.2. The number of hydrogen-bond donors (Lipinski definition) is 2. The van der Waals surface area contributed by atoms with Crippen molar-refractivity contribution >= 4 is 0 Å². The first-order chi connectivity index (χ1) is 14.9. The van der Waals surface area contributed by atoms with Crippen molar-refractivity contribution in [2.45, 2.75) is 136 Å². The Hall–Kier alpha value is -0.0800. The molecule has 32 heavy (non-hydrogen) atoms. The molecule has 0 spiro atoms. The summed E-state index contributed by atoms with van der Waals surface area (Å²) in [5.74, 6) is 4.60. The van der Waals surface area contributed by atoms with E-state index >= 15 is 0 Å². The molecule has 5 rings (SSSR count). The molecule has 0 aliphatic heterocycles. The van der Waals surface area contributed by atoms with Gasteiger partial charge in [-0.25, -0.2) is 0 Å². The average Bonchev–Trinajstić information content (AvgIpc) is 3.44. The van der Waals surface area contributed by atoms with Crippen LogP contribution in [0.1, 0.15) is 125 Å². The van der Waals surface area contributed by atoms with E-state index in [-0.39, 0.29) is 0 Å². The molecule has 0 amide bonds. The van der Waals surface area contributed by atoms with E-state index in [0.29, 0.717) is 34.0 Å². The Morgan fingerprint density at radius 3 is 2.44 bits per heavy atom. The van der Waals surface area contributed by atoms with Gasteiger partial charge in [-0.1, -0.05) is 47.0 Å². The summed E-state index contributed by atoms with van der Waals surface area (Å²) in [4.78, 5) is 0. The van der Waals surface area contributed by atoms with Crippen LogP contribution in [0.3, 0.4) is 0 Å². The monoisotopic (exact) mass is 444 g/mol. The third kappa shape index (κ3) is 3.09. The third-order valence-electron chi connectivity index (χ3n) is 12.9. The fourth-order valence-corrected chi connectivity index (χ4v) is 11.3. The fraction of sp³-hybridized carbons (Fsp3) is 1.00. The van der Waals surface area contributed by atoms with Crippen LogP contribution < -0.4 is 0 Å². The molecular formula is C30H52O2. The summed E-state index contributed by atoms with van der Waals surface area (Å²) in [7, 11) is 0. The van der Waals surface area contributed by atoms with Crippen LogP contribution in [0.5, 0.6) is 0 Å². The highest BCUT2D eigenvalue weighted by Gasteiger charge is 2.76. The average molecular weight is 445 g/mol. The second-order valence-corrected chi connectivity index (χ2v) is 14.5. The molecular weight excluding hydrogens is 392 g/mol. The van der Waals surface area contributed by atoms with Crippen LogP contribution in [-0.2, 0) is 0 Å². The van der Waals surface area contributed by atoms with Crippen molar-refractivity contribution in [1.29, 1.82) is 0 Å². The second kappa shape index (κ2) is 7.46. The van der Waals surface area contributed by atoms with E-state index in [1.165, 1.54) is 57.8 Å². The molecule has 5 aliphatic rings. The lowest BCUT2D eigenvalue weighted by molar-refractivity contribution is -0.248. The Kier molecular flexibility index (Phi) is 5.51. The molecule has 2 N–H and O–H groups in total. The van der Waals surface area contributed by atoms with Crippen molar-refractivity contribution in [2.75, 3.05) is 0 Å². The van der Waals surface area contributed by atoms with Gasteiger partial charge in [-0.15, -0.1) is 0 Å². The Morgan fingerprint density at radius 1 is 1.00 bits per heavy atom. The lowest BCUT2D eigenvalue weighted by atomic mass is 9.33. The molecule has 0 saturated heterocycles. The van der Waals surface area contributed by atoms with Crippen LogP contribution in [0.25, 0.3) is 0 Å². The Bertz CT molecular complexity index is 725. The van der Waals surface area contributed by atoms with Gasteiger partial charge in [0, 0.05) is 0 Å². The van der Waals surface area contributed by atoms with Gasteiger partial charge in [0.2, 0.25) is 0 Å². The molecule has 0 aromatic carbocycles. The summed E-state index contributed by atoms with van der Waals surface area (Å²) in [6.07, 6.45) is 16.3. The first kappa shape index (κ1) is 23.7. The summed E-state index contributed by atoms with van der Waals surface area (Å²) in [6.45, 7) is 14.2. The topological polar surface area (TPSA) is 40.5 Å². The van der Waals surface area contributed by atoms with E-state index in [9.17, 15) is 10.2 Å². The van der Waals surface area contributed by atoms with Gasteiger partial charge in [-0.05, 0) is 130 Å². The highest BCUT2D eigenvalue weighted by Crippen LogP contribution is 2.83. The largest absolute Gasteiger partial charge is 0.390 e. The molecule has 10 atom stereocenters. The van der Waals surface area contributed by atoms with E-state index in [0.717, 1.165) is 43.4 Å². The van der Waals surface area contributed by atoms with Crippen molar-refractivity contribution in [3.8, 4) is 0 Å². The molecule has 3 unspecified atom stereocenters. The summed E-state index contributed by atoms with van der Waals surface area (Å²) < 4.78 is 0. The quantitative estimate of drug-likeness (QED) is 0.449. The third-order valence-corrected chi connectivity index (χ3v) is 12.9. The Morgan fingerprint density at radius 2 is 1.75 bits per heavy atom. The van der Waals surface area contributed by atoms with Crippen molar-refractivity contribution in [2.24, 2.45) is 51.8 Å². The van der Waals surface area contributed by atoms with Crippen LogP contribution in [0.2, 0.25) is 0 Å². The van der Waals surface area contributed by atoms with Crippen LogP contribution in [0.4, 0.5) is 0 Å². The highest BCUT2D eigenvalue weighted by molar-refractivity contribution is 5.25. The van der Waals surface area contributed by atoms with E-state index in [2.05, 4.69) is 27.7 Å². The van der Waals surface area contributed by atoms with Crippen LogP contribution in [-0.4, -0.2) is 21.4 Å². The molecule has 184 valence electrons. The highest BCUT2D eigenvalue weighted by atomic mass is 16.3. The molecule has 2 heteroatoms. The van der Waals surface area contributed by atoms with E-state index in [1.54, 1.807) is 0 Å². The lowest BCUT2D eigenvalue weighted by Gasteiger charge is -2.71. The summed E-state index contributed by atoms with van der Waals surface area (Å²) >= 11 is 0. The van der Waals surface area contributed by atoms with Gasteiger partial charge in [0.1, 0.15) is 0 Å². The van der Waals surface area contributed by atoms with Crippen molar-refractivity contribution in [3.63, 3.8) is 0 Å². The number of hydrogen-bond acceptors (Lipinski definition) is 2. The minimum Gasteiger partial charge on any atom is -0.390 e. The molecule has 0 heterocycles. The fourth-order valence-electron chi connectivity index (χ4n) is 11.3. The number of aliphatic hydroxyl groups is 2. The SMILES string of the molecule is CC[C@]1(O)CCC[C@H]2CC[C@]3([C@H](C)CCCC(C)(C)O)C(CC[C@@]4(C)[C@H]5CC5C[C@@]43C)C21. The van der Waals surface area contributed by atoms with Crippen LogP contribution in [0, 0.1) is 51.8 Å². The maximum Gasteiger partial charge on any atom is 0.0678 e. The maximum absolute atomic E-state index is 12.0. The molecule has 5 saturated carbocycles. The van der Waals surface area contributed by atoms with Gasteiger partial charge < -0.3 is 10.2 Å². The lowest BCUT2D eigenvalue weighted by Crippen LogP contribution is -2.66. The molecule has 2 nitrogen and oxygen atoms in total. The minimum atomic E-state index is -0.555. The van der Waals surface area contributed by atoms with Crippen LogP contribution >= 0.6 is 0 Å². The molecule has 5 fully saturated rings. The zero-order valence-electron chi connectivity index (χ0n) is 22.1. The first-order valence-electron chi connectivity index (χ1n) is 14.4.